The maximum Gasteiger partial charge on any atom is 0.246 e. The largest absolute Gasteiger partial charge is 0.496 e. The fourth-order valence-corrected chi connectivity index (χ4v) is 3.24. The van der Waals surface area contributed by atoms with Crippen LogP contribution in [0.2, 0.25) is 0 Å². The van der Waals surface area contributed by atoms with Gasteiger partial charge in [0.2, 0.25) is 11.8 Å². The van der Waals surface area contributed by atoms with Gasteiger partial charge < -0.3 is 14.5 Å². The van der Waals surface area contributed by atoms with Gasteiger partial charge >= 0.3 is 0 Å². The molecule has 0 aromatic heterocycles. The van der Waals surface area contributed by atoms with Crippen LogP contribution in [0.4, 0.5) is 0 Å². The smallest absolute Gasteiger partial charge is 0.246 e. The molecule has 0 aliphatic carbocycles. The Balaban J connectivity index is 1.88. The van der Waals surface area contributed by atoms with Crippen molar-refractivity contribution in [3.63, 3.8) is 0 Å². The summed E-state index contributed by atoms with van der Waals surface area (Å²) in [5.41, 5.74) is 2.02. The van der Waals surface area contributed by atoms with Crippen LogP contribution in [0.3, 0.4) is 0 Å². The van der Waals surface area contributed by atoms with Crippen molar-refractivity contribution in [2.75, 3.05) is 52.9 Å². The number of rotatable bonds is 7. The average Bonchev–Trinajstić information content (AvgIpc) is 2.67. The first-order chi connectivity index (χ1) is 13.0. The number of amides is 2. The topological polar surface area (TPSA) is 53.1 Å². The number of carbonyl (C=O) groups is 2. The first-order valence-electron chi connectivity index (χ1n) is 9.60. The molecule has 2 amide bonds. The monoisotopic (exact) mass is 373 g/mol. The Morgan fingerprint density at radius 1 is 1.15 bits per heavy atom. The van der Waals surface area contributed by atoms with Gasteiger partial charge in [0, 0.05) is 50.9 Å². The van der Waals surface area contributed by atoms with Crippen molar-refractivity contribution >= 4 is 17.9 Å². The Morgan fingerprint density at radius 3 is 2.41 bits per heavy atom. The van der Waals surface area contributed by atoms with Gasteiger partial charge in [-0.05, 0) is 39.0 Å². The van der Waals surface area contributed by atoms with Crippen molar-refractivity contribution in [2.45, 2.75) is 20.8 Å². The number of methoxy groups -OCH3 is 1. The van der Waals surface area contributed by atoms with Crippen LogP contribution in [0.5, 0.6) is 5.75 Å². The third-order valence-corrected chi connectivity index (χ3v) is 4.95. The average molecular weight is 373 g/mol. The number of benzene rings is 1. The zero-order valence-corrected chi connectivity index (χ0v) is 16.9. The number of ether oxygens (including phenoxy) is 1. The van der Waals surface area contributed by atoms with E-state index in [-0.39, 0.29) is 11.8 Å². The van der Waals surface area contributed by atoms with Crippen LogP contribution in [0.1, 0.15) is 25.0 Å². The van der Waals surface area contributed by atoms with E-state index in [9.17, 15) is 9.59 Å². The molecule has 1 aliphatic rings. The van der Waals surface area contributed by atoms with E-state index in [0.29, 0.717) is 19.6 Å². The number of aryl methyl sites for hydroxylation is 1. The first-order valence-corrected chi connectivity index (χ1v) is 9.60. The fraction of sp³-hybridized carbons (Fsp3) is 0.524. The number of hydrogen-bond donors (Lipinski definition) is 0. The van der Waals surface area contributed by atoms with E-state index in [2.05, 4.69) is 4.90 Å². The van der Waals surface area contributed by atoms with Crippen LogP contribution in [-0.4, -0.2) is 79.4 Å². The van der Waals surface area contributed by atoms with Gasteiger partial charge in [-0.2, -0.15) is 0 Å². The number of piperazine rings is 1. The third kappa shape index (κ3) is 5.82. The van der Waals surface area contributed by atoms with E-state index in [0.717, 1.165) is 43.1 Å². The number of hydrogen-bond acceptors (Lipinski definition) is 4. The molecule has 2 rings (SSSR count). The van der Waals surface area contributed by atoms with E-state index in [1.165, 1.54) is 0 Å². The summed E-state index contributed by atoms with van der Waals surface area (Å²) < 4.78 is 5.35. The highest BCUT2D eigenvalue weighted by Crippen LogP contribution is 2.21. The van der Waals surface area contributed by atoms with E-state index in [1.54, 1.807) is 13.2 Å². The Hall–Kier alpha value is -2.34. The van der Waals surface area contributed by atoms with E-state index >= 15 is 0 Å². The lowest BCUT2D eigenvalue weighted by Gasteiger charge is -2.34. The molecule has 1 aromatic carbocycles. The maximum absolute atomic E-state index is 12.5. The van der Waals surface area contributed by atoms with Crippen molar-refractivity contribution in [3.8, 4) is 5.75 Å². The van der Waals surface area contributed by atoms with Crippen molar-refractivity contribution in [1.29, 1.82) is 0 Å². The Labute approximate surface area is 162 Å². The molecule has 0 unspecified atom stereocenters. The van der Waals surface area contributed by atoms with Crippen molar-refractivity contribution in [1.82, 2.24) is 14.7 Å². The van der Waals surface area contributed by atoms with Crippen LogP contribution in [0.25, 0.3) is 6.08 Å². The van der Waals surface area contributed by atoms with Gasteiger partial charge in [0.25, 0.3) is 0 Å². The summed E-state index contributed by atoms with van der Waals surface area (Å²) in [6.07, 6.45) is 3.42. The van der Waals surface area contributed by atoms with Gasteiger partial charge in [-0.15, -0.1) is 0 Å². The lowest BCUT2D eigenvalue weighted by Crippen LogP contribution is -2.51. The fourth-order valence-electron chi connectivity index (χ4n) is 3.24. The van der Waals surface area contributed by atoms with Crippen molar-refractivity contribution < 1.29 is 14.3 Å². The predicted octanol–water partition coefficient (Wildman–Crippen LogP) is 2.03. The summed E-state index contributed by atoms with van der Waals surface area (Å²) in [5.74, 6) is 0.906. The quantitative estimate of drug-likeness (QED) is 0.687. The first kappa shape index (κ1) is 21.0. The number of likely N-dealkylation sites (N-methyl/N-ethyl adjacent to an activating group) is 1. The molecule has 0 N–H and O–H groups in total. The van der Waals surface area contributed by atoms with Gasteiger partial charge in [-0.3, -0.25) is 14.5 Å². The molecular weight excluding hydrogens is 342 g/mol. The second kappa shape index (κ2) is 10.1. The molecule has 0 saturated carbocycles. The molecule has 0 bridgehead atoms. The van der Waals surface area contributed by atoms with E-state index in [4.69, 9.17) is 4.74 Å². The van der Waals surface area contributed by atoms with Gasteiger partial charge in [0.1, 0.15) is 5.75 Å². The summed E-state index contributed by atoms with van der Waals surface area (Å²) in [4.78, 5) is 30.5. The normalized spacial score (nSPS) is 15.2. The SMILES string of the molecule is CCN(CC)C(=O)CN1CCN(C(=O)/C=C/c2cc(C)ccc2OC)CC1. The Morgan fingerprint density at radius 2 is 1.81 bits per heavy atom. The predicted molar refractivity (Wildman–Crippen MR) is 108 cm³/mol. The molecule has 1 aromatic rings. The molecular formula is C21H31N3O3. The summed E-state index contributed by atoms with van der Waals surface area (Å²) >= 11 is 0. The molecule has 1 fully saturated rings. The minimum absolute atomic E-state index is 0.00622. The van der Waals surface area contributed by atoms with Crippen LogP contribution in [-0.2, 0) is 9.59 Å². The lowest BCUT2D eigenvalue weighted by atomic mass is 10.1. The highest BCUT2D eigenvalue weighted by Gasteiger charge is 2.22. The second-order valence-electron chi connectivity index (χ2n) is 6.75. The molecule has 0 radical (unpaired) electrons. The Bertz CT molecular complexity index is 675. The minimum atomic E-state index is -0.00622. The zero-order chi connectivity index (χ0) is 19.8. The molecule has 6 nitrogen and oxygen atoms in total. The van der Waals surface area contributed by atoms with Gasteiger partial charge in [0.15, 0.2) is 0 Å². The molecule has 148 valence electrons. The second-order valence-corrected chi connectivity index (χ2v) is 6.75. The van der Waals surface area contributed by atoms with Crippen LogP contribution < -0.4 is 4.74 Å². The van der Waals surface area contributed by atoms with Crippen molar-refractivity contribution in [3.05, 3.63) is 35.4 Å². The summed E-state index contributed by atoms with van der Waals surface area (Å²) in [6, 6.07) is 5.89. The summed E-state index contributed by atoms with van der Waals surface area (Å²) in [6.45, 7) is 10.6. The molecule has 6 heteroatoms. The molecule has 1 aliphatic heterocycles. The number of carbonyl (C=O) groups excluding carboxylic acids is 2. The highest BCUT2D eigenvalue weighted by molar-refractivity contribution is 5.92. The van der Waals surface area contributed by atoms with Gasteiger partial charge in [-0.25, -0.2) is 0 Å². The zero-order valence-electron chi connectivity index (χ0n) is 16.9. The molecule has 0 atom stereocenters. The lowest BCUT2D eigenvalue weighted by molar-refractivity contribution is -0.133. The van der Waals surface area contributed by atoms with Gasteiger partial charge in [0.05, 0.1) is 13.7 Å². The van der Waals surface area contributed by atoms with Crippen LogP contribution in [0.15, 0.2) is 24.3 Å². The minimum Gasteiger partial charge on any atom is -0.496 e. The van der Waals surface area contributed by atoms with E-state index < -0.39 is 0 Å². The third-order valence-electron chi connectivity index (χ3n) is 4.95. The molecule has 1 saturated heterocycles. The Kier molecular flexibility index (Phi) is 7.85. The molecule has 0 spiro atoms. The standard InChI is InChI=1S/C21H31N3O3/c1-5-23(6-2)21(26)16-22-11-13-24(14-12-22)20(25)10-8-18-15-17(3)7-9-19(18)27-4/h7-10,15H,5-6,11-14,16H2,1-4H3/b10-8+. The number of nitrogens with zero attached hydrogens (tertiary/aromatic N) is 3. The molecule has 27 heavy (non-hydrogen) atoms. The summed E-state index contributed by atoms with van der Waals surface area (Å²) in [7, 11) is 1.63. The van der Waals surface area contributed by atoms with E-state index in [1.807, 2.05) is 54.8 Å². The van der Waals surface area contributed by atoms with Crippen LogP contribution in [0, 0.1) is 6.92 Å². The summed E-state index contributed by atoms with van der Waals surface area (Å²) in [5, 5.41) is 0. The highest BCUT2D eigenvalue weighted by atomic mass is 16.5. The van der Waals surface area contributed by atoms with Crippen molar-refractivity contribution in [2.24, 2.45) is 0 Å². The van der Waals surface area contributed by atoms with Gasteiger partial charge in [-0.1, -0.05) is 11.6 Å². The maximum atomic E-state index is 12.5. The molecule has 1 heterocycles. The van der Waals surface area contributed by atoms with Crippen LogP contribution >= 0.6 is 0 Å².